The zero-order valence-electron chi connectivity index (χ0n) is 10.7. The fourth-order valence-corrected chi connectivity index (χ4v) is 3.45. The normalized spacial score (nSPS) is 18.3. The van der Waals surface area contributed by atoms with Gasteiger partial charge in [0.25, 0.3) is 5.91 Å². The quantitative estimate of drug-likeness (QED) is 0.933. The Morgan fingerprint density at radius 1 is 1.42 bits per heavy atom. The van der Waals surface area contributed by atoms with Crippen LogP contribution in [0.25, 0.3) is 0 Å². The van der Waals surface area contributed by atoms with Gasteiger partial charge in [0, 0.05) is 13.1 Å². The number of carbonyl (C=O) groups excluding carboxylic acids is 1. The van der Waals surface area contributed by atoms with Crippen molar-refractivity contribution in [3.05, 3.63) is 21.3 Å². The van der Waals surface area contributed by atoms with Crippen molar-refractivity contribution in [1.29, 1.82) is 0 Å². The summed E-state index contributed by atoms with van der Waals surface area (Å²) in [5.74, 6) is -0.798. The molecule has 6 heteroatoms. The first-order valence-electron chi connectivity index (χ1n) is 6.26. The molecule has 0 bridgehead atoms. The first kappa shape index (κ1) is 14.3. The molecule has 4 nitrogen and oxygen atoms in total. The predicted molar refractivity (Wildman–Crippen MR) is 74.8 cm³/mol. The minimum atomic E-state index is -0.749. The second kappa shape index (κ2) is 5.51. The van der Waals surface area contributed by atoms with E-state index in [-0.39, 0.29) is 5.91 Å². The zero-order valence-corrected chi connectivity index (χ0v) is 12.3. The molecule has 1 aliphatic heterocycles. The van der Waals surface area contributed by atoms with Crippen LogP contribution >= 0.6 is 22.9 Å². The van der Waals surface area contributed by atoms with E-state index in [0.717, 1.165) is 0 Å². The fourth-order valence-electron chi connectivity index (χ4n) is 2.44. The Hall–Kier alpha value is -1.07. The van der Waals surface area contributed by atoms with Crippen molar-refractivity contribution in [2.45, 2.75) is 26.2 Å². The van der Waals surface area contributed by atoms with Crippen molar-refractivity contribution < 1.29 is 14.7 Å². The summed E-state index contributed by atoms with van der Waals surface area (Å²) in [5, 5.41) is 9.32. The van der Waals surface area contributed by atoms with Crippen molar-refractivity contribution in [2.75, 3.05) is 13.1 Å². The van der Waals surface area contributed by atoms with Crippen LogP contribution in [0.5, 0.6) is 0 Å². The summed E-state index contributed by atoms with van der Waals surface area (Å²) in [7, 11) is 0. The Morgan fingerprint density at radius 3 is 2.47 bits per heavy atom. The van der Waals surface area contributed by atoms with Gasteiger partial charge in [-0.05, 0) is 31.4 Å². The van der Waals surface area contributed by atoms with Gasteiger partial charge in [-0.3, -0.25) is 9.59 Å². The van der Waals surface area contributed by atoms with Crippen LogP contribution in [0, 0.1) is 5.41 Å². The van der Waals surface area contributed by atoms with E-state index in [1.807, 2.05) is 6.92 Å². The third kappa shape index (κ3) is 2.77. The van der Waals surface area contributed by atoms with Gasteiger partial charge in [-0.15, -0.1) is 11.3 Å². The fraction of sp³-hybridized carbons (Fsp3) is 0.538. The number of hydrogen-bond donors (Lipinski definition) is 1. The number of carboxylic acid groups (broad SMARTS) is 1. The second-order valence-corrected chi connectivity index (χ2v) is 6.55. The van der Waals surface area contributed by atoms with Crippen molar-refractivity contribution in [2.24, 2.45) is 5.41 Å². The Labute approximate surface area is 121 Å². The van der Waals surface area contributed by atoms with Gasteiger partial charge in [0.1, 0.15) is 0 Å². The van der Waals surface area contributed by atoms with Crippen LogP contribution in [-0.4, -0.2) is 35.0 Å². The molecule has 0 radical (unpaired) electrons. The summed E-state index contributed by atoms with van der Waals surface area (Å²) in [6.07, 6.45) is 1.64. The van der Waals surface area contributed by atoms with Gasteiger partial charge in [0.15, 0.2) is 0 Å². The van der Waals surface area contributed by atoms with Crippen LogP contribution in [0.4, 0.5) is 0 Å². The number of likely N-dealkylation sites (tertiary alicyclic amines) is 1. The summed E-state index contributed by atoms with van der Waals surface area (Å²) in [4.78, 5) is 25.9. The molecule has 0 unspecified atom stereocenters. The lowest BCUT2D eigenvalue weighted by Crippen LogP contribution is -2.46. The largest absolute Gasteiger partial charge is 0.481 e. The highest BCUT2D eigenvalue weighted by Gasteiger charge is 2.40. The number of thiophene rings is 1. The highest BCUT2D eigenvalue weighted by atomic mass is 35.5. The summed E-state index contributed by atoms with van der Waals surface area (Å²) in [6, 6.07) is 3.42. The van der Waals surface area contributed by atoms with Gasteiger partial charge < -0.3 is 10.0 Å². The minimum absolute atomic E-state index is 0.0491. The van der Waals surface area contributed by atoms with E-state index in [9.17, 15) is 14.7 Å². The van der Waals surface area contributed by atoms with Crippen molar-refractivity contribution in [3.63, 3.8) is 0 Å². The zero-order chi connectivity index (χ0) is 14.0. The number of carbonyl (C=O) groups is 2. The Kier molecular flexibility index (Phi) is 4.16. The van der Waals surface area contributed by atoms with E-state index < -0.39 is 11.4 Å². The van der Waals surface area contributed by atoms with Gasteiger partial charge in [-0.1, -0.05) is 18.5 Å². The van der Waals surface area contributed by atoms with Crippen LogP contribution in [-0.2, 0) is 4.79 Å². The summed E-state index contributed by atoms with van der Waals surface area (Å²) < 4.78 is 0.591. The summed E-state index contributed by atoms with van der Waals surface area (Å²) >= 11 is 7.08. The maximum atomic E-state index is 12.2. The predicted octanol–water partition coefficient (Wildman–Crippen LogP) is 3.12. The van der Waals surface area contributed by atoms with Crippen LogP contribution in [0.2, 0.25) is 4.34 Å². The Bertz CT molecular complexity index is 492. The maximum Gasteiger partial charge on any atom is 0.309 e. The molecule has 0 aliphatic carbocycles. The molecule has 0 spiro atoms. The summed E-state index contributed by atoms with van der Waals surface area (Å²) in [6.45, 7) is 2.88. The molecule has 1 aromatic rings. The molecule has 0 atom stereocenters. The second-order valence-electron chi connectivity index (χ2n) is 4.83. The highest BCUT2D eigenvalue weighted by molar-refractivity contribution is 7.17. The number of amides is 1. The molecule has 0 saturated carbocycles. The van der Waals surface area contributed by atoms with Crippen LogP contribution in [0.1, 0.15) is 35.9 Å². The average Bonchev–Trinajstić information content (AvgIpc) is 2.84. The highest BCUT2D eigenvalue weighted by Crippen LogP contribution is 2.36. The van der Waals surface area contributed by atoms with Crippen molar-refractivity contribution in [3.8, 4) is 0 Å². The number of hydrogen-bond acceptors (Lipinski definition) is 3. The Balaban J connectivity index is 2.04. The molecule has 1 aliphatic rings. The van der Waals surface area contributed by atoms with E-state index >= 15 is 0 Å². The topological polar surface area (TPSA) is 57.6 Å². The van der Waals surface area contributed by atoms with Gasteiger partial charge in [0.2, 0.25) is 0 Å². The Morgan fingerprint density at radius 2 is 2.05 bits per heavy atom. The summed E-state index contributed by atoms with van der Waals surface area (Å²) in [5.41, 5.74) is -0.663. The average molecular weight is 302 g/mol. The van der Waals surface area contributed by atoms with E-state index in [2.05, 4.69) is 0 Å². The lowest BCUT2D eigenvalue weighted by Gasteiger charge is -2.38. The van der Waals surface area contributed by atoms with Gasteiger partial charge in [-0.2, -0.15) is 0 Å². The number of nitrogens with zero attached hydrogens (tertiary/aromatic N) is 1. The molecule has 1 aromatic heterocycles. The van der Waals surface area contributed by atoms with Crippen LogP contribution in [0.15, 0.2) is 12.1 Å². The van der Waals surface area contributed by atoms with Gasteiger partial charge in [-0.25, -0.2) is 0 Å². The lowest BCUT2D eigenvalue weighted by atomic mass is 9.76. The molecular weight excluding hydrogens is 286 g/mol. The third-order valence-corrected chi connectivity index (χ3v) is 5.14. The van der Waals surface area contributed by atoms with Gasteiger partial charge >= 0.3 is 5.97 Å². The number of rotatable bonds is 3. The van der Waals surface area contributed by atoms with Crippen molar-refractivity contribution in [1.82, 2.24) is 4.90 Å². The number of piperidine rings is 1. The van der Waals surface area contributed by atoms with E-state index in [4.69, 9.17) is 11.6 Å². The van der Waals surface area contributed by atoms with E-state index in [0.29, 0.717) is 41.6 Å². The molecule has 19 heavy (non-hydrogen) atoms. The first-order valence-corrected chi connectivity index (χ1v) is 7.46. The van der Waals surface area contributed by atoms with E-state index in [1.165, 1.54) is 11.3 Å². The standard InChI is InChI=1S/C13H16ClNO3S/c1-2-13(12(17)18)5-7-15(8-6-13)11(16)9-3-4-10(14)19-9/h3-4H,2,5-8H2,1H3,(H,17,18). The smallest absolute Gasteiger partial charge is 0.309 e. The van der Waals surface area contributed by atoms with Crippen LogP contribution < -0.4 is 0 Å². The number of carboxylic acids is 1. The lowest BCUT2D eigenvalue weighted by molar-refractivity contribution is -0.152. The molecule has 1 saturated heterocycles. The molecule has 104 valence electrons. The molecule has 1 N–H and O–H groups in total. The van der Waals surface area contributed by atoms with E-state index in [1.54, 1.807) is 17.0 Å². The van der Waals surface area contributed by atoms with Gasteiger partial charge in [0.05, 0.1) is 14.6 Å². The SMILES string of the molecule is CCC1(C(=O)O)CCN(C(=O)c2ccc(Cl)s2)CC1. The molecule has 1 amide bonds. The third-order valence-electron chi connectivity index (χ3n) is 3.92. The van der Waals surface area contributed by atoms with Crippen molar-refractivity contribution >= 4 is 34.8 Å². The first-order chi connectivity index (χ1) is 8.98. The number of aliphatic carboxylic acids is 1. The van der Waals surface area contributed by atoms with Crippen LogP contribution in [0.3, 0.4) is 0 Å². The molecule has 2 rings (SSSR count). The molecular formula is C13H16ClNO3S. The monoisotopic (exact) mass is 301 g/mol. The molecule has 0 aromatic carbocycles. The minimum Gasteiger partial charge on any atom is -0.481 e. The molecule has 1 fully saturated rings. The molecule has 2 heterocycles. The number of halogens is 1. The maximum absolute atomic E-state index is 12.2.